The normalized spacial score (nSPS) is 20.5. The highest BCUT2D eigenvalue weighted by atomic mass is 16.7. The highest BCUT2D eigenvalue weighted by Crippen LogP contribution is 2.61. The molecule has 2 atom stereocenters. The van der Waals surface area contributed by atoms with Gasteiger partial charge in [0.05, 0.1) is 12.1 Å². The summed E-state index contributed by atoms with van der Waals surface area (Å²) in [5.41, 5.74) is 5.48. The van der Waals surface area contributed by atoms with Gasteiger partial charge in [0.15, 0.2) is 0 Å². The van der Waals surface area contributed by atoms with Crippen LogP contribution in [0.25, 0.3) is 16.7 Å². The number of aromatic nitrogens is 1. The molecule has 6 nitrogen and oxygen atoms in total. The fourth-order valence-electron chi connectivity index (χ4n) is 5.65. The molecular weight excluding hydrogens is 438 g/mol. The number of fused-ring (bicyclic) bond motifs is 1. The number of likely N-dealkylation sites (tertiary alicyclic amines) is 1. The molecule has 1 aliphatic heterocycles. The lowest BCUT2D eigenvalue weighted by Crippen LogP contribution is -2.65. The molecule has 5 rings (SSSR count). The number of nitrogens with one attached hydrogen (secondary N) is 1. The number of hydrogen-bond acceptors (Lipinski definition) is 5. The van der Waals surface area contributed by atoms with Gasteiger partial charge in [-0.2, -0.15) is 0 Å². The number of benzene rings is 2. The Morgan fingerprint density at radius 1 is 1.20 bits per heavy atom. The predicted molar refractivity (Wildman–Crippen MR) is 138 cm³/mol. The SMILES string of the molecule is C=C(OCC)c1cc(C2(C(C)(ONC(=O)c3ccccc3)C3CCN3C)CC2)c2cccnc2c1. The van der Waals surface area contributed by atoms with E-state index in [9.17, 15) is 4.79 Å². The van der Waals surface area contributed by atoms with Crippen molar-refractivity contribution in [3.05, 3.63) is 84.1 Å². The predicted octanol–water partition coefficient (Wildman–Crippen LogP) is 5.10. The second-order valence-corrected chi connectivity index (χ2v) is 9.82. The molecule has 2 aliphatic rings. The average Bonchev–Trinajstić information content (AvgIpc) is 3.69. The summed E-state index contributed by atoms with van der Waals surface area (Å²) in [6, 6.07) is 17.7. The van der Waals surface area contributed by atoms with E-state index in [1.54, 1.807) is 12.1 Å². The van der Waals surface area contributed by atoms with Crippen molar-refractivity contribution in [3.63, 3.8) is 0 Å². The van der Waals surface area contributed by atoms with Crippen molar-refractivity contribution in [3.8, 4) is 0 Å². The van der Waals surface area contributed by atoms with E-state index < -0.39 is 5.60 Å². The molecule has 2 unspecified atom stereocenters. The number of carbonyl (C=O) groups excluding carboxylic acids is 1. The van der Waals surface area contributed by atoms with Crippen molar-refractivity contribution < 1.29 is 14.4 Å². The molecule has 1 aromatic heterocycles. The van der Waals surface area contributed by atoms with Gasteiger partial charge >= 0.3 is 0 Å². The van der Waals surface area contributed by atoms with Crippen molar-refractivity contribution >= 4 is 22.6 Å². The Balaban J connectivity index is 1.57. The fraction of sp³-hybridized carbons (Fsp3) is 0.379. The van der Waals surface area contributed by atoms with Gasteiger partial charge in [-0.15, -0.1) is 0 Å². The van der Waals surface area contributed by atoms with Crippen LogP contribution in [0.4, 0.5) is 0 Å². The summed E-state index contributed by atoms with van der Waals surface area (Å²) in [7, 11) is 2.12. The minimum atomic E-state index is -0.640. The lowest BCUT2D eigenvalue weighted by atomic mass is 9.70. The number of carbonyl (C=O) groups is 1. The van der Waals surface area contributed by atoms with Crippen LogP contribution in [0.5, 0.6) is 0 Å². The van der Waals surface area contributed by atoms with Crippen LogP contribution in [0.2, 0.25) is 0 Å². The number of ether oxygens (including phenoxy) is 1. The molecule has 35 heavy (non-hydrogen) atoms. The van der Waals surface area contributed by atoms with Gasteiger partial charge in [0.2, 0.25) is 0 Å². The molecule has 1 N–H and O–H groups in total. The summed E-state index contributed by atoms with van der Waals surface area (Å²) in [5.74, 6) is 0.400. The third-order valence-corrected chi connectivity index (χ3v) is 7.89. The average molecular weight is 472 g/mol. The van der Waals surface area contributed by atoms with Crippen LogP contribution in [-0.2, 0) is 15.0 Å². The molecule has 3 aromatic rings. The largest absolute Gasteiger partial charge is 0.494 e. The smallest absolute Gasteiger partial charge is 0.274 e. The van der Waals surface area contributed by atoms with Gasteiger partial charge in [0.1, 0.15) is 11.4 Å². The zero-order valence-corrected chi connectivity index (χ0v) is 20.7. The Bertz CT molecular complexity index is 1250. The van der Waals surface area contributed by atoms with Crippen LogP contribution in [0.15, 0.2) is 67.4 Å². The maximum absolute atomic E-state index is 12.9. The number of nitrogens with zero attached hydrogens (tertiary/aromatic N) is 2. The van der Waals surface area contributed by atoms with Crippen LogP contribution < -0.4 is 5.48 Å². The van der Waals surface area contributed by atoms with E-state index in [-0.39, 0.29) is 17.4 Å². The van der Waals surface area contributed by atoms with E-state index in [0.717, 1.165) is 42.3 Å². The number of amides is 1. The van der Waals surface area contributed by atoms with E-state index in [2.05, 4.69) is 48.0 Å². The summed E-state index contributed by atoms with van der Waals surface area (Å²) < 4.78 is 5.76. The van der Waals surface area contributed by atoms with Gasteiger partial charge < -0.3 is 9.64 Å². The van der Waals surface area contributed by atoms with Gasteiger partial charge in [0.25, 0.3) is 5.91 Å². The Morgan fingerprint density at radius 3 is 2.60 bits per heavy atom. The third-order valence-electron chi connectivity index (χ3n) is 7.89. The molecule has 0 radical (unpaired) electrons. The van der Waals surface area contributed by atoms with Gasteiger partial charge in [-0.25, -0.2) is 5.48 Å². The Morgan fingerprint density at radius 2 is 1.97 bits per heavy atom. The fourth-order valence-corrected chi connectivity index (χ4v) is 5.65. The van der Waals surface area contributed by atoms with Crippen molar-refractivity contribution in [1.82, 2.24) is 15.4 Å². The van der Waals surface area contributed by atoms with Crippen LogP contribution in [0.1, 0.15) is 54.6 Å². The minimum absolute atomic E-state index is 0.173. The molecule has 1 saturated carbocycles. The van der Waals surface area contributed by atoms with Crippen molar-refractivity contribution in [2.24, 2.45) is 0 Å². The Labute approximate surface area is 206 Å². The maximum atomic E-state index is 12.9. The van der Waals surface area contributed by atoms with Gasteiger partial charge in [-0.05, 0) is 82.6 Å². The van der Waals surface area contributed by atoms with E-state index in [1.165, 1.54) is 5.56 Å². The molecule has 2 fully saturated rings. The topological polar surface area (TPSA) is 63.7 Å². The van der Waals surface area contributed by atoms with Gasteiger partial charge in [0, 0.05) is 34.2 Å². The standard InChI is InChI=1S/C29H33N3O3/c1-5-34-20(2)22-18-24(23-12-9-16-30-25(23)19-22)29(14-15-29)28(3,26-13-17-32(26)4)35-31-27(33)21-10-7-6-8-11-21/h6-12,16,18-19,26H,2,5,13-15,17H2,1,3-4H3,(H,31,33). The van der Waals surface area contributed by atoms with E-state index >= 15 is 0 Å². The first-order valence-corrected chi connectivity index (χ1v) is 12.3. The van der Waals surface area contributed by atoms with Crippen molar-refractivity contribution in [2.45, 2.75) is 50.2 Å². The summed E-state index contributed by atoms with van der Waals surface area (Å²) in [6.45, 7) is 9.82. The number of pyridine rings is 1. The molecule has 1 amide bonds. The quantitative estimate of drug-likeness (QED) is 0.348. The number of likely N-dealkylation sites (N-methyl/N-ethyl adjacent to an activating group) is 1. The van der Waals surface area contributed by atoms with Crippen LogP contribution in [0.3, 0.4) is 0 Å². The molecule has 182 valence electrons. The first-order valence-electron chi connectivity index (χ1n) is 12.3. The summed E-state index contributed by atoms with van der Waals surface area (Å²) >= 11 is 0. The van der Waals surface area contributed by atoms with E-state index in [4.69, 9.17) is 9.57 Å². The molecular formula is C29H33N3O3. The summed E-state index contributed by atoms with van der Waals surface area (Å²) in [6.07, 6.45) is 4.75. The highest BCUT2D eigenvalue weighted by molar-refractivity contribution is 5.93. The molecule has 0 spiro atoms. The van der Waals surface area contributed by atoms with Crippen LogP contribution in [-0.4, -0.2) is 47.6 Å². The molecule has 2 heterocycles. The molecule has 0 bridgehead atoms. The highest BCUT2D eigenvalue weighted by Gasteiger charge is 2.65. The van der Waals surface area contributed by atoms with E-state index in [1.807, 2.05) is 43.5 Å². The second-order valence-electron chi connectivity index (χ2n) is 9.82. The van der Waals surface area contributed by atoms with E-state index in [0.29, 0.717) is 17.9 Å². The monoisotopic (exact) mass is 471 g/mol. The zero-order chi connectivity index (χ0) is 24.6. The number of hydrogen-bond donors (Lipinski definition) is 1. The first kappa shape index (κ1) is 23.5. The van der Waals surface area contributed by atoms with Crippen LogP contribution in [0, 0.1) is 0 Å². The lowest BCUT2D eigenvalue weighted by Gasteiger charge is -2.52. The number of hydroxylamine groups is 1. The van der Waals surface area contributed by atoms with Gasteiger partial charge in [-0.3, -0.25) is 14.6 Å². The number of rotatable bonds is 9. The lowest BCUT2D eigenvalue weighted by molar-refractivity contribution is -0.167. The molecule has 6 heteroatoms. The third kappa shape index (κ3) is 4.01. The maximum Gasteiger partial charge on any atom is 0.274 e. The molecule has 1 saturated heterocycles. The first-order chi connectivity index (χ1) is 16.9. The molecule has 1 aliphatic carbocycles. The summed E-state index contributed by atoms with van der Waals surface area (Å²) in [5, 5.41) is 1.10. The summed E-state index contributed by atoms with van der Waals surface area (Å²) in [4.78, 5) is 26.4. The van der Waals surface area contributed by atoms with Crippen molar-refractivity contribution in [2.75, 3.05) is 20.2 Å². The van der Waals surface area contributed by atoms with Crippen LogP contribution >= 0.6 is 0 Å². The van der Waals surface area contributed by atoms with Gasteiger partial charge in [-0.1, -0.05) is 30.8 Å². The molecule has 2 aromatic carbocycles. The minimum Gasteiger partial charge on any atom is -0.494 e. The second kappa shape index (κ2) is 9.10. The Hall–Kier alpha value is -3.22. The van der Waals surface area contributed by atoms with Crippen molar-refractivity contribution in [1.29, 1.82) is 0 Å². The Kier molecular flexibility index (Phi) is 6.11. The zero-order valence-electron chi connectivity index (χ0n) is 20.7.